The van der Waals surface area contributed by atoms with Gasteiger partial charge in [0.1, 0.15) is 16.2 Å². The molecular formula is C13H13BrN2O3. The number of nitrogens with zero attached hydrogens (tertiary/aromatic N) is 2. The molecule has 0 aliphatic heterocycles. The maximum atomic E-state index is 11.1. The maximum absolute atomic E-state index is 11.1. The molecule has 5 nitrogen and oxygen atoms in total. The van der Waals surface area contributed by atoms with Gasteiger partial charge in [0, 0.05) is 7.05 Å². The second-order valence-electron chi connectivity index (χ2n) is 4.14. The van der Waals surface area contributed by atoms with Crippen LogP contribution in [0.1, 0.15) is 16.1 Å². The summed E-state index contributed by atoms with van der Waals surface area (Å²) in [5.74, 6) is 0.133. The van der Waals surface area contributed by atoms with Crippen LogP contribution in [0.15, 0.2) is 22.8 Å². The highest BCUT2D eigenvalue weighted by molar-refractivity contribution is 9.10. The van der Waals surface area contributed by atoms with E-state index in [1.165, 1.54) is 0 Å². The fraction of sp³-hybridized carbons (Fsp3) is 0.231. The molecule has 0 atom stereocenters. The molecule has 19 heavy (non-hydrogen) atoms. The lowest BCUT2D eigenvalue weighted by molar-refractivity contribution is 0.0690. The van der Waals surface area contributed by atoms with Crippen molar-refractivity contribution >= 4 is 21.9 Å². The number of halogens is 1. The molecule has 1 aromatic carbocycles. The van der Waals surface area contributed by atoms with Crippen LogP contribution >= 0.6 is 15.9 Å². The number of carboxylic acid groups (broad SMARTS) is 1. The standard InChI is InChI=1S/C13H13BrN2O3/c1-7-4-5-9(19-3)8(6-7)12-15-10(13(17)18)11(14)16(12)2/h4-6H,1-3H3,(H,17,18). The first-order chi connectivity index (χ1) is 8.95. The Morgan fingerprint density at radius 1 is 1.47 bits per heavy atom. The van der Waals surface area contributed by atoms with E-state index in [1.807, 2.05) is 25.1 Å². The van der Waals surface area contributed by atoms with Crippen molar-refractivity contribution < 1.29 is 14.6 Å². The van der Waals surface area contributed by atoms with E-state index in [0.717, 1.165) is 11.1 Å². The lowest BCUT2D eigenvalue weighted by atomic mass is 10.1. The molecular weight excluding hydrogens is 312 g/mol. The number of methoxy groups -OCH3 is 1. The van der Waals surface area contributed by atoms with Crippen molar-refractivity contribution in [2.75, 3.05) is 7.11 Å². The molecule has 1 heterocycles. The zero-order valence-corrected chi connectivity index (χ0v) is 12.4. The molecule has 0 aliphatic rings. The largest absolute Gasteiger partial charge is 0.496 e. The Bertz CT molecular complexity index is 650. The van der Waals surface area contributed by atoms with Gasteiger partial charge in [-0.3, -0.25) is 0 Å². The van der Waals surface area contributed by atoms with Crippen molar-refractivity contribution in [1.82, 2.24) is 9.55 Å². The summed E-state index contributed by atoms with van der Waals surface area (Å²) < 4.78 is 7.41. The SMILES string of the molecule is COc1ccc(C)cc1-c1nc(C(=O)O)c(Br)n1C. The zero-order valence-electron chi connectivity index (χ0n) is 10.8. The van der Waals surface area contributed by atoms with Gasteiger partial charge in [-0.2, -0.15) is 0 Å². The average molecular weight is 325 g/mol. The molecule has 2 rings (SSSR count). The van der Waals surface area contributed by atoms with Gasteiger partial charge >= 0.3 is 5.97 Å². The van der Waals surface area contributed by atoms with Crippen molar-refractivity contribution in [1.29, 1.82) is 0 Å². The molecule has 0 amide bonds. The topological polar surface area (TPSA) is 64.3 Å². The normalized spacial score (nSPS) is 10.5. The summed E-state index contributed by atoms with van der Waals surface area (Å²) >= 11 is 3.24. The Kier molecular flexibility index (Phi) is 3.61. The van der Waals surface area contributed by atoms with E-state index in [9.17, 15) is 4.79 Å². The van der Waals surface area contributed by atoms with Gasteiger partial charge in [0.25, 0.3) is 0 Å². The zero-order chi connectivity index (χ0) is 14.2. The lowest BCUT2D eigenvalue weighted by Gasteiger charge is -2.09. The van der Waals surface area contributed by atoms with Crippen LogP contribution in [0, 0.1) is 6.92 Å². The summed E-state index contributed by atoms with van der Waals surface area (Å²) in [4.78, 5) is 15.3. The Labute approximate surface area is 119 Å². The van der Waals surface area contributed by atoms with Crippen LogP contribution in [0.2, 0.25) is 0 Å². The molecule has 1 aromatic heterocycles. The fourth-order valence-corrected chi connectivity index (χ4v) is 2.28. The summed E-state index contributed by atoms with van der Waals surface area (Å²) in [7, 11) is 3.32. The van der Waals surface area contributed by atoms with Crippen LogP contribution in [0.5, 0.6) is 5.75 Å². The van der Waals surface area contributed by atoms with Gasteiger partial charge in [0.15, 0.2) is 5.69 Å². The minimum Gasteiger partial charge on any atom is -0.496 e. The first kappa shape index (κ1) is 13.6. The molecule has 100 valence electrons. The number of ether oxygens (including phenoxy) is 1. The van der Waals surface area contributed by atoms with Gasteiger partial charge in [0.2, 0.25) is 0 Å². The average Bonchev–Trinajstić information content (AvgIpc) is 2.66. The van der Waals surface area contributed by atoms with E-state index >= 15 is 0 Å². The number of hydrogen-bond donors (Lipinski definition) is 1. The van der Waals surface area contributed by atoms with E-state index in [4.69, 9.17) is 9.84 Å². The highest BCUT2D eigenvalue weighted by atomic mass is 79.9. The maximum Gasteiger partial charge on any atom is 0.357 e. The van der Waals surface area contributed by atoms with Crippen LogP contribution in [-0.4, -0.2) is 27.7 Å². The van der Waals surface area contributed by atoms with E-state index in [-0.39, 0.29) is 5.69 Å². The number of aromatic carboxylic acids is 1. The molecule has 0 fully saturated rings. The molecule has 0 bridgehead atoms. The Hall–Kier alpha value is -1.82. The van der Waals surface area contributed by atoms with E-state index < -0.39 is 5.97 Å². The minimum absolute atomic E-state index is 0.0129. The van der Waals surface area contributed by atoms with Gasteiger partial charge in [-0.05, 0) is 35.0 Å². The third-order valence-electron chi connectivity index (χ3n) is 2.82. The van der Waals surface area contributed by atoms with Crippen molar-refractivity contribution in [2.45, 2.75) is 6.92 Å². The predicted octanol–water partition coefficient (Wildman–Crippen LogP) is 2.86. The van der Waals surface area contributed by atoms with Crippen molar-refractivity contribution in [3.8, 4) is 17.1 Å². The monoisotopic (exact) mass is 324 g/mol. The highest BCUT2D eigenvalue weighted by Crippen LogP contribution is 2.32. The molecule has 0 unspecified atom stereocenters. The third kappa shape index (κ3) is 2.35. The number of imidazole rings is 1. The van der Waals surface area contributed by atoms with E-state index in [1.54, 1.807) is 18.7 Å². The Morgan fingerprint density at radius 2 is 2.16 bits per heavy atom. The lowest BCUT2D eigenvalue weighted by Crippen LogP contribution is -1.97. The van der Waals surface area contributed by atoms with Crippen molar-refractivity contribution in [3.63, 3.8) is 0 Å². The van der Waals surface area contributed by atoms with Crippen LogP contribution in [0.3, 0.4) is 0 Å². The molecule has 0 radical (unpaired) electrons. The van der Waals surface area contributed by atoms with Gasteiger partial charge in [-0.25, -0.2) is 9.78 Å². The molecule has 6 heteroatoms. The van der Waals surface area contributed by atoms with Gasteiger partial charge < -0.3 is 14.4 Å². The summed E-state index contributed by atoms with van der Waals surface area (Å²) in [6.45, 7) is 1.96. The number of aromatic nitrogens is 2. The fourth-order valence-electron chi connectivity index (χ4n) is 1.85. The van der Waals surface area contributed by atoms with Gasteiger partial charge in [-0.15, -0.1) is 0 Å². The summed E-state index contributed by atoms with van der Waals surface area (Å²) in [5.41, 5.74) is 1.80. The first-order valence-electron chi connectivity index (χ1n) is 5.56. The van der Waals surface area contributed by atoms with Gasteiger partial charge in [-0.1, -0.05) is 11.6 Å². The second-order valence-corrected chi connectivity index (χ2v) is 4.89. The minimum atomic E-state index is -1.07. The molecule has 0 aliphatic carbocycles. The first-order valence-corrected chi connectivity index (χ1v) is 6.35. The third-order valence-corrected chi connectivity index (χ3v) is 3.73. The quantitative estimate of drug-likeness (QED) is 0.942. The van der Waals surface area contributed by atoms with Crippen molar-refractivity contribution in [3.05, 3.63) is 34.1 Å². The number of carbonyl (C=O) groups is 1. The number of aryl methyl sites for hydroxylation is 1. The van der Waals surface area contributed by atoms with E-state index in [2.05, 4.69) is 20.9 Å². The molecule has 1 N–H and O–H groups in total. The molecule has 0 saturated heterocycles. The Morgan fingerprint density at radius 3 is 2.68 bits per heavy atom. The smallest absolute Gasteiger partial charge is 0.357 e. The molecule has 2 aromatic rings. The van der Waals surface area contributed by atoms with E-state index in [0.29, 0.717) is 16.2 Å². The summed E-state index contributed by atoms with van der Waals surface area (Å²) in [6, 6.07) is 5.69. The van der Waals surface area contributed by atoms with Crippen LogP contribution in [0.4, 0.5) is 0 Å². The number of benzene rings is 1. The number of hydrogen-bond acceptors (Lipinski definition) is 3. The van der Waals surface area contributed by atoms with Crippen LogP contribution < -0.4 is 4.74 Å². The van der Waals surface area contributed by atoms with Crippen LogP contribution in [0.25, 0.3) is 11.4 Å². The molecule has 0 spiro atoms. The van der Waals surface area contributed by atoms with Crippen LogP contribution in [-0.2, 0) is 7.05 Å². The molecule has 0 saturated carbocycles. The highest BCUT2D eigenvalue weighted by Gasteiger charge is 2.21. The predicted molar refractivity (Wildman–Crippen MR) is 74.6 cm³/mol. The number of carboxylic acids is 1. The number of rotatable bonds is 3. The summed E-state index contributed by atoms with van der Waals surface area (Å²) in [5, 5.41) is 9.09. The summed E-state index contributed by atoms with van der Waals surface area (Å²) in [6.07, 6.45) is 0. The van der Waals surface area contributed by atoms with Crippen molar-refractivity contribution in [2.24, 2.45) is 7.05 Å². The van der Waals surface area contributed by atoms with Gasteiger partial charge in [0.05, 0.1) is 12.7 Å². The second kappa shape index (κ2) is 5.05. The Balaban J connectivity index is 2.69.